The molecule has 0 heterocycles. The van der Waals surface area contributed by atoms with Crippen LogP contribution in [0.5, 0.6) is 0 Å². The first-order valence-corrected chi connectivity index (χ1v) is 2.81. The molecule has 0 spiro atoms. The van der Waals surface area contributed by atoms with Crippen molar-refractivity contribution in [3.63, 3.8) is 0 Å². The van der Waals surface area contributed by atoms with Gasteiger partial charge in [0.2, 0.25) is 0 Å². The normalized spacial score (nSPS) is 34.7. The SMILES string of the molecule is N[C@@H]1C[C@H]1CC(F)(F)F. The summed E-state index contributed by atoms with van der Waals surface area (Å²) in [5.74, 6) is -0.287. The molecule has 1 fully saturated rings. The van der Waals surface area contributed by atoms with E-state index in [0.717, 1.165) is 0 Å². The molecule has 0 aromatic heterocycles. The molecule has 2 N–H and O–H groups in total. The van der Waals surface area contributed by atoms with Crippen molar-refractivity contribution in [1.82, 2.24) is 0 Å². The summed E-state index contributed by atoms with van der Waals surface area (Å²) in [6, 6.07) is -0.188. The monoisotopic (exact) mass is 139 g/mol. The van der Waals surface area contributed by atoms with Gasteiger partial charge in [0.25, 0.3) is 0 Å². The van der Waals surface area contributed by atoms with Crippen LogP contribution in [0.15, 0.2) is 0 Å². The molecule has 0 aliphatic heterocycles. The molecule has 0 saturated heterocycles. The number of alkyl halides is 3. The second kappa shape index (κ2) is 1.87. The van der Waals surface area contributed by atoms with Gasteiger partial charge in [-0.05, 0) is 12.3 Å². The number of hydrogen-bond donors (Lipinski definition) is 1. The fraction of sp³-hybridized carbons (Fsp3) is 1.00. The van der Waals surface area contributed by atoms with Crippen LogP contribution in [0.3, 0.4) is 0 Å². The fourth-order valence-electron chi connectivity index (χ4n) is 0.803. The summed E-state index contributed by atoms with van der Waals surface area (Å²) in [6.07, 6.45) is -4.17. The Labute approximate surface area is 51.0 Å². The summed E-state index contributed by atoms with van der Waals surface area (Å²) >= 11 is 0. The van der Waals surface area contributed by atoms with Crippen LogP contribution >= 0.6 is 0 Å². The Morgan fingerprint density at radius 1 is 1.44 bits per heavy atom. The third-order valence-corrected chi connectivity index (χ3v) is 1.47. The van der Waals surface area contributed by atoms with Gasteiger partial charge in [-0.15, -0.1) is 0 Å². The van der Waals surface area contributed by atoms with Gasteiger partial charge in [0.15, 0.2) is 0 Å². The van der Waals surface area contributed by atoms with Crippen LogP contribution in [0, 0.1) is 5.92 Å². The molecule has 9 heavy (non-hydrogen) atoms. The molecule has 1 aliphatic carbocycles. The standard InChI is InChI=1S/C5H8F3N/c6-5(7,8)2-3-1-4(3)9/h3-4H,1-2,9H2/t3-,4+/m0/s1. The molecule has 4 heteroatoms. The van der Waals surface area contributed by atoms with E-state index in [2.05, 4.69) is 0 Å². The zero-order valence-electron chi connectivity index (χ0n) is 4.78. The van der Waals surface area contributed by atoms with Gasteiger partial charge >= 0.3 is 6.18 Å². The van der Waals surface area contributed by atoms with Gasteiger partial charge in [-0.1, -0.05) is 0 Å². The summed E-state index contributed by atoms with van der Waals surface area (Å²) < 4.78 is 34.4. The van der Waals surface area contributed by atoms with Crippen molar-refractivity contribution in [3.05, 3.63) is 0 Å². The topological polar surface area (TPSA) is 26.0 Å². The van der Waals surface area contributed by atoms with Crippen LogP contribution in [0.2, 0.25) is 0 Å². The van der Waals surface area contributed by atoms with Crippen LogP contribution < -0.4 is 5.73 Å². The van der Waals surface area contributed by atoms with Gasteiger partial charge in [-0.25, -0.2) is 0 Å². The average Bonchev–Trinajstić information content (AvgIpc) is 2.13. The molecular weight excluding hydrogens is 131 g/mol. The lowest BCUT2D eigenvalue weighted by molar-refractivity contribution is -0.138. The molecule has 0 bridgehead atoms. The molecule has 0 aromatic carbocycles. The molecular formula is C5H8F3N. The summed E-state index contributed by atoms with van der Waals surface area (Å²) in [5.41, 5.74) is 5.17. The van der Waals surface area contributed by atoms with Crippen molar-refractivity contribution in [2.24, 2.45) is 11.7 Å². The second-order valence-corrected chi connectivity index (χ2v) is 2.48. The minimum absolute atomic E-state index is 0.188. The molecule has 1 saturated carbocycles. The quantitative estimate of drug-likeness (QED) is 0.582. The molecule has 1 rings (SSSR count). The minimum atomic E-state index is -4.02. The highest BCUT2D eigenvalue weighted by Crippen LogP contribution is 2.38. The Morgan fingerprint density at radius 2 is 1.89 bits per heavy atom. The molecule has 1 nitrogen and oxygen atoms in total. The first kappa shape index (κ1) is 6.86. The van der Waals surface area contributed by atoms with Gasteiger partial charge in [-0.2, -0.15) is 13.2 Å². The van der Waals surface area contributed by atoms with Crippen molar-refractivity contribution < 1.29 is 13.2 Å². The summed E-state index contributed by atoms with van der Waals surface area (Å²) in [7, 11) is 0. The molecule has 54 valence electrons. The van der Waals surface area contributed by atoms with Crippen molar-refractivity contribution >= 4 is 0 Å². The molecule has 2 atom stereocenters. The Balaban J connectivity index is 2.19. The molecule has 0 aromatic rings. The molecule has 0 radical (unpaired) electrons. The second-order valence-electron chi connectivity index (χ2n) is 2.48. The predicted molar refractivity (Wildman–Crippen MR) is 26.8 cm³/mol. The van der Waals surface area contributed by atoms with E-state index in [1.807, 2.05) is 0 Å². The van der Waals surface area contributed by atoms with Gasteiger partial charge in [0.1, 0.15) is 0 Å². The summed E-state index contributed by atoms with van der Waals surface area (Å²) in [6.45, 7) is 0. The molecule has 1 aliphatic rings. The van der Waals surface area contributed by atoms with Gasteiger partial charge in [0, 0.05) is 12.5 Å². The summed E-state index contributed by atoms with van der Waals surface area (Å²) in [5, 5.41) is 0. The van der Waals surface area contributed by atoms with Gasteiger partial charge in [0.05, 0.1) is 0 Å². The summed E-state index contributed by atoms with van der Waals surface area (Å²) in [4.78, 5) is 0. The van der Waals surface area contributed by atoms with Crippen LogP contribution in [0.25, 0.3) is 0 Å². The zero-order valence-corrected chi connectivity index (χ0v) is 4.78. The van der Waals surface area contributed by atoms with Crippen molar-refractivity contribution in [1.29, 1.82) is 0 Å². The largest absolute Gasteiger partial charge is 0.389 e. The van der Waals surface area contributed by atoms with E-state index in [1.165, 1.54) is 0 Å². The fourth-order valence-corrected chi connectivity index (χ4v) is 0.803. The number of rotatable bonds is 1. The molecule has 0 amide bonds. The zero-order chi connectivity index (χ0) is 7.07. The minimum Gasteiger partial charge on any atom is -0.327 e. The maximum atomic E-state index is 11.5. The van der Waals surface area contributed by atoms with Crippen LogP contribution in [0.4, 0.5) is 13.2 Å². The number of halogens is 3. The Kier molecular flexibility index (Phi) is 1.42. The van der Waals surface area contributed by atoms with E-state index >= 15 is 0 Å². The van der Waals surface area contributed by atoms with Crippen molar-refractivity contribution in [2.45, 2.75) is 25.1 Å². The smallest absolute Gasteiger partial charge is 0.327 e. The van der Waals surface area contributed by atoms with E-state index in [0.29, 0.717) is 6.42 Å². The van der Waals surface area contributed by atoms with Crippen LogP contribution in [-0.4, -0.2) is 12.2 Å². The van der Waals surface area contributed by atoms with Crippen LogP contribution in [-0.2, 0) is 0 Å². The van der Waals surface area contributed by atoms with E-state index in [1.54, 1.807) is 0 Å². The van der Waals surface area contributed by atoms with E-state index < -0.39 is 12.6 Å². The van der Waals surface area contributed by atoms with Gasteiger partial charge in [-0.3, -0.25) is 0 Å². The maximum Gasteiger partial charge on any atom is 0.389 e. The maximum absolute atomic E-state index is 11.5. The highest BCUT2D eigenvalue weighted by molar-refractivity contribution is 4.91. The Hall–Kier alpha value is -0.250. The van der Waals surface area contributed by atoms with Crippen LogP contribution in [0.1, 0.15) is 12.8 Å². The third kappa shape index (κ3) is 2.22. The van der Waals surface area contributed by atoms with E-state index in [9.17, 15) is 13.2 Å². The molecule has 0 unspecified atom stereocenters. The number of nitrogens with two attached hydrogens (primary N) is 1. The lowest BCUT2D eigenvalue weighted by Gasteiger charge is -2.02. The highest BCUT2D eigenvalue weighted by Gasteiger charge is 2.42. The Bertz CT molecular complexity index is 109. The van der Waals surface area contributed by atoms with E-state index in [-0.39, 0.29) is 12.0 Å². The van der Waals surface area contributed by atoms with Gasteiger partial charge < -0.3 is 5.73 Å². The van der Waals surface area contributed by atoms with E-state index in [4.69, 9.17) is 5.73 Å². The Morgan fingerprint density at radius 3 is 2.00 bits per heavy atom. The van der Waals surface area contributed by atoms with Crippen molar-refractivity contribution in [2.75, 3.05) is 0 Å². The number of hydrogen-bond acceptors (Lipinski definition) is 1. The first-order valence-electron chi connectivity index (χ1n) is 2.81. The van der Waals surface area contributed by atoms with Crippen molar-refractivity contribution in [3.8, 4) is 0 Å². The third-order valence-electron chi connectivity index (χ3n) is 1.47. The first-order chi connectivity index (χ1) is 3.99. The lowest BCUT2D eigenvalue weighted by atomic mass is 10.3. The lowest BCUT2D eigenvalue weighted by Crippen LogP contribution is -2.12. The average molecular weight is 139 g/mol. The predicted octanol–water partition coefficient (Wildman–Crippen LogP) is 1.29. The highest BCUT2D eigenvalue weighted by atomic mass is 19.4.